The van der Waals surface area contributed by atoms with Crippen molar-refractivity contribution in [2.75, 3.05) is 18.1 Å². The molecule has 9 heteroatoms. The highest BCUT2D eigenvalue weighted by molar-refractivity contribution is 6.12. The predicted octanol–water partition coefficient (Wildman–Crippen LogP) is 3.65. The molecule has 2 aromatic heterocycles. The Labute approximate surface area is 207 Å². The number of nitrogens with one attached hydrogen (secondary N) is 1. The highest BCUT2D eigenvalue weighted by Crippen LogP contribution is 2.39. The Bertz CT molecular complexity index is 1430. The van der Waals surface area contributed by atoms with Crippen LogP contribution in [0.4, 0.5) is 5.69 Å². The minimum absolute atomic E-state index is 0.157. The first-order chi connectivity index (χ1) is 17.5. The number of fused-ring (bicyclic) bond motifs is 2. The zero-order chi connectivity index (χ0) is 24.7. The van der Waals surface area contributed by atoms with E-state index in [4.69, 9.17) is 13.9 Å². The molecule has 36 heavy (non-hydrogen) atoms. The molecule has 4 aromatic rings. The fraction of sp³-hybridized carbons (Fsp3) is 0.222. The van der Waals surface area contributed by atoms with Crippen LogP contribution in [0.2, 0.25) is 0 Å². The largest absolute Gasteiger partial charge is 0.486 e. The van der Waals surface area contributed by atoms with Gasteiger partial charge in [-0.1, -0.05) is 30.3 Å². The maximum Gasteiger partial charge on any atom is 0.277 e. The number of hydrogen-bond donors (Lipinski definition) is 1. The van der Waals surface area contributed by atoms with E-state index in [2.05, 4.69) is 10.4 Å². The van der Waals surface area contributed by atoms with Crippen molar-refractivity contribution >= 4 is 17.5 Å². The van der Waals surface area contributed by atoms with Gasteiger partial charge in [0.2, 0.25) is 5.91 Å². The summed E-state index contributed by atoms with van der Waals surface area (Å²) < 4.78 is 18.5. The number of carbonyl (C=O) groups excluding carboxylic acids is 2. The summed E-state index contributed by atoms with van der Waals surface area (Å²) in [6.07, 6.45) is 1.55. The van der Waals surface area contributed by atoms with E-state index in [1.807, 2.05) is 30.3 Å². The predicted molar refractivity (Wildman–Crippen MR) is 131 cm³/mol. The lowest BCUT2D eigenvalue weighted by atomic mass is 9.93. The van der Waals surface area contributed by atoms with Crippen molar-refractivity contribution in [3.8, 4) is 23.0 Å². The maximum absolute atomic E-state index is 13.9. The van der Waals surface area contributed by atoms with Gasteiger partial charge in [-0.25, -0.2) is 0 Å². The Morgan fingerprint density at radius 2 is 1.83 bits per heavy atom. The van der Waals surface area contributed by atoms with Gasteiger partial charge in [0.15, 0.2) is 17.3 Å². The molecule has 6 rings (SSSR count). The maximum atomic E-state index is 13.9. The van der Waals surface area contributed by atoms with Crippen LogP contribution in [-0.4, -0.2) is 40.3 Å². The van der Waals surface area contributed by atoms with E-state index < -0.39 is 5.54 Å². The van der Waals surface area contributed by atoms with Crippen LogP contribution in [0.3, 0.4) is 0 Å². The second-order valence-electron chi connectivity index (χ2n) is 8.96. The summed E-state index contributed by atoms with van der Waals surface area (Å²) in [5.41, 5.74) is 1.12. The molecule has 1 atom stereocenters. The average Bonchev–Trinajstić information content (AvgIpc) is 3.58. The third-order valence-corrected chi connectivity index (χ3v) is 6.50. The summed E-state index contributed by atoms with van der Waals surface area (Å²) in [5.74, 6) is 1.05. The van der Waals surface area contributed by atoms with Crippen molar-refractivity contribution in [2.24, 2.45) is 0 Å². The molecule has 0 saturated heterocycles. The second-order valence-corrected chi connectivity index (χ2v) is 8.96. The first-order valence-corrected chi connectivity index (χ1v) is 11.7. The molecule has 0 radical (unpaired) electrons. The highest BCUT2D eigenvalue weighted by atomic mass is 16.6. The molecule has 4 heterocycles. The van der Waals surface area contributed by atoms with Gasteiger partial charge in [0.05, 0.1) is 12.8 Å². The van der Waals surface area contributed by atoms with Gasteiger partial charge in [-0.2, -0.15) is 5.10 Å². The van der Waals surface area contributed by atoms with Gasteiger partial charge in [0.1, 0.15) is 30.1 Å². The molecular weight excluding hydrogens is 460 g/mol. The van der Waals surface area contributed by atoms with Crippen LogP contribution in [0, 0.1) is 0 Å². The lowest BCUT2D eigenvalue weighted by Gasteiger charge is -2.43. The molecule has 0 aliphatic carbocycles. The number of amides is 2. The Morgan fingerprint density at radius 3 is 2.61 bits per heavy atom. The minimum atomic E-state index is -1.27. The molecule has 0 saturated carbocycles. The SMILES string of the molecule is C[C@@]1(C(=O)NCc2ccccc2)Cn2nc(-c3ccco3)cc2C(=O)N1c1ccc2c(c1)OCCO2. The molecule has 9 nitrogen and oxygen atoms in total. The number of nitrogens with zero attached hydrogens (tertiary/aromatic N) is 3. The zero-order valence-electron chi connectivity index (χ0n) is 19.6. The van der Waals surface area contributed by atoms with Crippen LogP contribution >= 0.6 is 0 Å². The van der Waals surface area contributed by atoms with E-state index >= 15 is 0 Å². The molecule has 0 spiro atoms. The van der Waals surface area contributed by atoms with Crippen LogP contribution in [0.1, 0.15) is 23.0 Å². The summed E-state index contributed by atoms with van der Waals surface area (Å²) in [5, 5.41) is 7.60. The monoisotopic (exact) mass is 484 g/mol. The normalized spacial score (nSPS) is 18.6. The third-order valence-electron chi connectivity index (χ3n) is 6.50. The number of benzene rings is 2. The fourth-order valence-electron chi connectivity index (χ4n) is 4.67. The third kappa shape index (κ3) is 3.69. The van der Waals surface area contributed by atoms with Crippen LogP contribution in [0.15, 0.2) is 77.4 Å². The second kappa shape index (κ2) is 8.60. The lowest BCUT2D eigenvalue weighted by Crippen LogP contribution is -2.64. The molecule has 1 N–H and O–H groups in total. The molecule has 0 bridgehead atoms. The molecule has 2 aliphatic rings. The van der Waals surface area contributed by atoms with Crippen LogP contribution < -0.4 is 19.7 Å². The fourth-order valence-corrected chi connectivity index (χ4v) is 4.67. The summed E-state index contributed by atoms with van der Waals surface area (Å²) in [6.45, 7) is 3.12. The van der Waals surface area contributed by atoms with E-state index in [0.29, 0.717) is 54.1 Å². The Kier molecular flexibility index (Phi) is 5.25. The van der Waals surface area contributed by atoms with Gasteiger partial charge in [-0.05, 0) is 36.8 Å². The van der Waals surface area contributed by atoms with Crippen molar-refractivity contribution in [2.45, 2.75) is 25.6 Å². The Morgan fingerprint density at radius 1 is 1.03 bits per heavy atom. The summed E-state index contributed by atoms with van der Waals surface area (Å²) in [7, 11) is 0. The van der Waals surface area contributed by atoms with Crippen LogP contribution in [-0.2, 0) is 17.9 Å². The average molecular weight is 485 g/mol. The number of ether oxygens (including phenoxy) is 2. The molecule has 182 valence electrons. The number of aromatic nitrogens is 2. The van der Waals surface area contributed by atoms with E-state index in [0.717, 1.165) is 5.56 Å². The molecule has 2 amide bonds. The Hall–Kier alpha value is -4.53. The lowest BCUT2D eigenvalue weighted by molar-refractivity contribution is -0.126. The van der Waals surface area contributed by atoms with Crippen molar-refractivity contribution in [3.05, 3.63) is 84.3 Å². The number of furan rings is 1. The molecule has 2 aromatic carbocycles. The van der Waals surface area contributed by atoms with Gasteiger partial charge in [-0.3, -0.25) is 19.2 Å². The highest BCUT2D eigenvalue weighted by Gasteiger charge is 2.49. The first kappa shape index (κ1) is 22.0. The van der Waals surface area contributed by atoms with E-state index in [1.165, 1.54) is 4.90 Å². The molecule has 2 aliphatic heterocycles. The van der Waals surface area contributed by atoms with Crippen molar-refractivity contribution in [3.63, 3.8) is 0 Å². The standard InChI is InChI=1S/C27H24N4O5/c1-27(26(33)28-16-18-6-3-2-4-7-18)17-30-21(15-20(29-30)22-8-5-11-34-22)25(32)31(27)19-9-10-23-24(14-19)36-13-12-35-23/h2-11,14-15H,12-13,16-17H2,1H3,(H,28,33)/t27-/m0/s1. The molecule has 0 unspecified atom stereocenters. The quantitative estimate of drug-likeness (QED) is 0.464. The van der Waals surface area contributed by atoms with Gasteiger partial charge in [-0.15, -0.1) is 0 Å². The van der Waals surface area contributed by atoms with Crippen molar-refractivity contribution in [1.29, 1.82) is 0 Å². The number of hydrogen-bond acceptors (Lipinski definition) is 6. The van der Waals surface area contributed by atoms with Crippen molar-refractivity contribution < 1.29 is 23.5 Å². The minimum Gasteiger partial charge on any atom is -0.486 e. The zero-order valence-corrected chi connectivity index (χ0v) is 19.6. The molecular formula is C27H24N4O5. The van der Waals surface area contributed by atoms with Gasteiger partial charge in [0.25, 0.3) is 5.91 Å². The summed E-state index contributed by atoms with van der Waals surface area (Å²) in [6, 6.07) is 20.1. The first-order valence-electron chi connectivity index (χ1n) is 11.7. The summed E-state index contributed by atoms with van der Waals surface area (Å²) in [4.78, 5) is 29.2. The van der Waals surface area contributed by atoms with E-state index in [9.17, 15) is 9.59 Å². The van der Waals surface area contributed by atoms with Gasteiger partial charge >= 0.3 is 0 Å². The van der Waals surface area contributed by atoms with Gasteiger partial charge < -0.3 is 19.2 Å². The van der Waals surface area contributed by atoms with Crippen LogP contribution in [0.25, 0.3) is 11.5 Å². The van der Waals surface area contributed by atoms with Gasteiger partial charge in [0, 0.05) is 24.4 Å². The Balaban J connectivity index is 1.40. The summed E-state index contributed by atoms with van der Waals surface area (Å²) >= 11 is 0. The topological polar surface area (TPSA) is 98.8 Å². The number of anilines is 1. The van der Waals surface area contributed by atoms with Crippen molar-refractivity contribution in [1.82, 2.24) is 15.1 Å². The van der Waals surface area contributed by atoms with Crippen LogP contribution in [0.5, 0.6) is 11.5 Å². The number of carbonyl (C=O) groups is 2. The smallest absolute Gasteiger partial charge is 0.277 e. The number of rotatable bonds is 5. The van der Waals surface area contributed by atoms with E-state index in [1.54, 1.807) is 54.3 Å². The molecule has 0 fully saturated rings. The van der Waals surface area contributed by atoms with E-state index in [-0.39, 0.29) is 18.4 Å².